The Balaban J connectivity index is 1.58. The van der Waals surface area contributed by atoms with Crippen molar-refractivity contribution in [2.75, 3.05) is 11.9 Å². The fraction of sp³-hybridized carbons (Fsp3) is 0.643. The van der Waals surface area contributed by atoms with E-state index in [4.69, 9.17) is 11.6 Å². The van der Waals surface area contributed by atoms with Gasteiger partial charge in [0.25, 0.3) is 5.92 Å². The largest absolute Gasteiger partial charge is 0.374 e. The van der Waals surface area contributed by atoms with Crippen LogP contribution in [0.2, 0.25) is 5.02 Å². The fourth-order valence-electron chi connectivity index (χ4n) is 6.22. The Bertz CT molecular complexity index is 1130. The molecular weight excluding hydrogens is 528 g/mol. The van der Waals surface area contributed by atoms with E-state index in [2.05, 4.69) is 16.0 Å². The number of hydrogen-bond acceptors (Lipinski definition) is 5. The summed E-state index contributed by atoms with van der Waals surface area (Å²) >= 11 is 6.13. The van der Waals surface area contributed by atoms with E-state index >= 15 is 8.78 Å². The number of alkyl halides is 2. The molecule has 0 spiro atoms. The number of nitrogens with zero attached hydrogens (tertiary/aromatic N) is 2. The maximum absolute atomic E-state index is 15.1. The van der Waals surface area contributed by atoms with Gasteiger partial charge in [0.05, 0.1) is 12.0 Å². The van der Waals surface area contributed by atoms with Gasteiger partial charge in [0.2, 0.25) is 17.7 Å². The molecule has 0 aromatic heterocycles. The van der Waals surface area contributed by atoms with Gasteiger partial charge in [-0.25, -0.2) is 8.78 Å². The van der Waals surface area contributed by atoms with Crippen LogP contribution in [-0.4, -0.2) is 59.3 Å². The molecule has 3 saturated heterocycles. The Morgan fingerprint density at radius 1 is 1.28 bits per heavy atom. The van der Waals surface area contributed by atoms with Crippen molar-refractivity contribution < 1.29 is 23.2 Å². The lowest BCUT2D eigenvalue weighted by atomic mass is 9.71. The highest BCUT2D eigenvalue weighted by Crippen LogP contribution is 2.49. The zero-order chi connectivity index (χ0) is 28.3. The number of halogens is 3. The van der Waals surface area contributed by atoms with Crippen molar-refractivity contribution in [2.24, 2.45) is 17.8 Å². The summed E-state index contributed by atoms with van der Waals surface area (Å²) in [5, 5.41) is 18.8. The SMILES string of the molecule is CC(C)C[C@H](Nc1cccc(Cl)c1)C(=O)N1[C@H]2CC[C@@H]([C@H]1C(=O)N[C@@H](C#N)C[C@H]1CCCNC1=O)C(F)(F)C2. The first-order valence-corrected chi connectivity index (χ1v) is 14.1. The average Bonchev–Trinajstić information content (AvgIpc) is 2.87. The number of carbonyl (C=O) groups is 3. The van der Waals surface area contributed by atoms with E-state index in [1.165, 1.54) is 4.90 Å². The molecule has 1 saturated carbocycles. The lowest BCUT2D eigenvalue weighted by Gasteiger charge is -2.54. The van der Waals surface area contributed by atoms with Crippen LogP contribution in [-0.2, 0) is 14.4 Å². The third kappa shape index (κ3) is 6.63. The number of carbonyl (C=O) groups excluding carboxylic acids is 3. The first-order chi connectivity index (χ1) is 18.5. The fourth-order valence-corrected chi connectivity index (χ4v) is 6.41. The van der Waals surface area contributed by atoms with Gasteiger partial charge in [-0.1, -0.05) is 31.5 Å². The maximum Gasteiger partial charge on any atom is 0.255 e. The van der Waals surface area contributed by atoms with Crippen molar-refractivity contribution in [3.05, 3.63) is 29.3 Å². The number of hydrogen-bond donors (Lipinski definition) is 3. The summed E-state index contributed by atoms with van der Waals surface area (Å²) in [4.78, 5) is 41.2. The number of amides is 3. The van der Waals surface area contributed by atoms with Crippen molar-refractivity contribution in [1.82, 2.24) is 15.5 Å². The van der Waals surface area contributed by atoms with Gasteiger partial charge in [-0.3, -0.25) is 14.4 Å². The number of anilines is 1. The summed E-state index contributed by atoms with van der Waals surface area (Å²) in [6.45, 7) is 4.48. The van der Waals surface area contributed by atoms with Gasteiger partial charge in [-0.2, -0.15) is 5.26 Å². The van der Waals surface area contributed by atoms with E-state index in [0.29, 0.717) is 36.5 Å². The number of benzene rings is 1. The van der Waals surface area contributed by atoms with Crippen LogP contribution in [0.4, 0.5) is 14.5 Å². The molecule has 0 radical (unpaired) electrons. The predicted octanol–water partition coefficient (Wildman–Crippen LogP) is 4.11. The van der Waals surface area contributed by atoms with Gasteiger partial charge in [-0.05, 0) is 62.6 Å². The van der Waals surface area contributed by atoms with Gasteiger partial charge in [0.1, 0.15) is 18.1 Å². The summed E-state index contributed by atoms with van der Waals surface area (Å²) in [5.41, 5.74) is 0.616. The Morgan fingerprint density at radius 2 is 2.05 bits per heavy atom. The van der Waals surface area contributed by atoms with Crippen molar-refractivity contribution in [3.63, 3.8) is 0 Å². The lowest BCUT2D eigenvalue weighted by Crippen LogP contribution is -2.70. The predicted molar refractivity (Wildman–Crippen MR) is 143 cm³/mol. The second-order valence-corrected chi connectivity index (χ2v) is 11.8. The first kappa shape index (κ1) is 29.1. The van der Waals surface area contributed by atoms with Crippen LogP contribution in [0, 0.1) is 29.1 Å². The topological polar surface area (TPSA) is 114 Å². The van der Waals surface area contributed by atoms with Gasteiger partial charge in [-0.15, -0.1) is 0 Å². The molecule has 3 amide bonds. The van der Waals surface area contributed by atoms with Crippen LogP contribution in [0.3, 0.4) is 0 Å². The van der Waals surface area contributed by atoms with E-state index in [9.17, 15) is 19.6 Å². The molecule has 6 atom stereocenters. The second-order valence-electron chi connectivity index (χ2n) is 11.4. The van der Waals surface area contributed by atoms with E-state index in [1.807, 2.05) is 19.9 Å². The molecule has 11 heteroatoms. The molecule has 4 aliphatic rings. The Kier molecular flexibility index (Phi) is 9.00. The van der Waals surface area contributed by atoms with E-state index in [0.717, 1.165) is 6.42 Å². The number of piperidine rings is 3. The molecule has 3 heterocycles. The number of nitrogens with one attached hydrogen (secondary N) is 3. The normalized spacial score (nSPS) is 27.3. The standard InChI is InChI=1S/C28H36ClF2N5O3/c1-16(2)11-23(34-19-7-3-6-18(29)13-19)27(39)36-21-8-9-22(28(30,31)14-21)24(36)26(38)35-20(15-32)12-17-5-4-10-33-25(17)37/h3,6-7,13,16-17,20-24,34H,4-5,8-12,14H2,1-2H3,(H,33,37)(H,35,38)/t17-,20-,21+,22+,23+,24+/m1/s1. The molecule has 1 aromatic rings. The minimum atomic E-state index is -3.11. The van der Waals surface area contributed by atoms with Crippen molar-refractivity contribution in [2.45, 2.75) is 88.9 Å². The minimum absolute atomic E-state index is 0.0888. The molecular formula is C28H36ClF2N5O3. The van der Waals surface area contributed by atoms with Gasteiger partial charge in [0.15, 0.2) is 0 Å². The van der Waals surface area contributed by atoms with Crippen LogP contribution in [0.5, 0.6) is 0 Å². The molecule has 5 rings (SSSR count). The van der Waals surface area contributed by atoms with Gasteiger partial charge >= 0.3 is 0 Å². The minimum Gasteiger partial charge on any atom is -0.374 e. The van der Waals surface area contributed by atoms with Gasteiger partial charge < -0.3 is 20.9 Å². The molecule has 4 fully saturated rings. The van der Waals surface area contributed by atoms with Crippen LogP contribution >= 0.6 is 11.6 Å². The number of rotatable bonds is 9. The summed E-state index contributed by atoms with van der Waals surface area (Å²) in [7, 11) is 0. The molecule has 3 N–H and O–H groups in total. The van der Waals surface area contributed by atoms with Crippen LogP contribution in [0.1, 0.15) is 58.8 Å². The summed E-state index contributed by atoms with van der Waals surface area (Å²) in [5.74, 6) is -6.18. The van der Waals surface area contributed by atoms with E-state index < -0.39 is 60.2 Å². The van der Waals surface area contributed by atoms with Crippen molar-refractivity contribution >= 4 is 35.0 Å². The third-order valence-electron chi connectivity index (χ3n) is 8.02. The molecule has 8 nitrogen and oxygen atoms in total. The molecule has 2 bridgehead atoms. The quantitative estimate of drug-likeness (QED) is 0.418. The average molecular weight is 564 g/mol. The molecule has 39 heavy (non-hydrogen) atoms. The second kappa shape index (κ2) is 12.1. The lowest BCUT2D eigenvalue weighted by molar-refractivity contribution is -0.194. The molecule has 212 valence electrons. The van der Waals surface area contributed by atoms with Crippen LogP contribution < -0.4 is 16.0 Å². The zero-order valence-corrected chi connectivity index (χ0v) is 23.0. The Labute approximate surface area is 232 Å². The van der Waals surface area contributed by atoms with Gasteiger partial charge in [0, 0.05) is 35.6 Å². The summed E-state index contributed by atoms with van der Waals surface area (Å²) in [6.07, 6.45) is 1.85. The van der Waals surface area contributed by atoms with E-state index in [1.54, 1.807) is 24.3 Å². The van der Waals surface area contributed by atoms with Crippen LogP contribution in [0.15, 0.2) is 24.3 Å². The highest BCUT2D eigenvalue weighted by Gasteiger charge is 2.61. The smallest absolute Gasteiger partial charge is 0.255 e. The highest BCUT2D eigenvalue weighted by molar-refractivity contribution is 6.30. The molecule has 1 aromatic carbocycles. The monoisotopic (exact) mass is 563 g/mol. The highest BCUT2D eigenvalue weighted by atomic mass is 35.5. The number of fused-ring (bicyclic) bond motifs is 3. The summed E-state index contributed by atoms with van der Waals surface area (Å²) in [6, 6.07) is 4.91. The van der Waals surface area contributed by atoms with E-state index in [-0.39, 0.29) is 24.7 Å². The Hall–Kier alpha value is -2.93. The zero-order valence-electron chi connectivity index (χ0n) is 22.3. The molecule has 1 aliphatic carbocycles. The first-order valence-electron chi connectivity index (χ1n) is 13.7. The summed E-state index contributed by atoms with van der Waals surface area (Å²) < 4.78 is 30.3. The van der Waals surface area contributed by atoms with Crippen molar-refractivity contribution in [3.8, 4) is 6.07 Å². The van der Waals surface area contributed by atoms with Crippen LogP contribution in [0.25, 0.3) is 0 Å². The third-order valence-corrected chi connectivity index (χ3v) is 8.26. The molecule has 3 aliphatic heterocycles. The maximum atomic E-state index is 15.1. The Morgan fingerprint density at radius 3 is 2.69 bits per heavy atom. The number of nitriles is 1. The molecule has 0 unspecified atom stereocenters. The van der Waals surface area contributed by atoms with Crippen molar-refractivity contribution in [1.29, 1.82) is 5.26 Å².